The van der Waals surface area contributed by atoms with Gasteiger partial charge in [0, 0.05) is 42.9 Å². The molecule has 1 atom stereocenters. The van der Waals surface area contributed by atoms with Crippen LogP contribution in [0.15, 0.2) is 18.2 Å². The molecule has 1 N–H and O–H groups in total. The van der Waals surface area contributed by atoms with Gasteiger partial charge in [0.25, 0.3) is 11.6 Å². The number of nitrogens with zero attached hydrogens (tertiary/aromatic N) is 2. The second kappa shape index (κ2) is 6.67. The van der Waals surface area contributed by atoms with Gasteiger partial charge in [0.1, 0.15) is 0 Å². The number of nitrogens with one attached hydrogen (secondary N) is 1. The summed E-state index contributed by atoms with van der Waals surface area (Å²) in [6, 6.07) is 4.89. The van der Waals surface area contributed by atoms with Crippen LogP contribution in [0.2, 0.25) is 0 Å². The number of amides is 1. The Morgan fingerprint density at radius 1 is 1.50 bits per heavy atom. The number of benzene rings is 1. The third-order valence-electron chi connectivity index (χ3n) is 3.31. The predicted molar refractivity (Wildman–Crippen MR) is 78.4 cm³/mol. The number of halogens is 1. The molecule has 0 bridgehead atoms. The average Bonchev–Trinajstić information content (AvgIpc) is 2.38. The maximum Gasteiger partial charge on any atom is 0.273 e. The van der Waals surface area contributed by atoms with Crippen molar-refractivity contribution in [1.82, 2.24) is 10.2 Å². The monoisotopic (exact) mass is 299 g/mol. The number of aryl methyl sites for hydroxylation is 1. The summed E-state index contributed by atoms with van der Waals surface area (Å²) in [6.07, 6.45) is 0. The van der Waals surface area contributed by atoms with Gasteiger partial charge in [-0.15, -0.1) is 12.4 Å². The van der Waals surface area contributed by atoms with Gasteiger partial charge in [-0.1, -0.05) is 6.07 Å². The van der Waals surface area contributed by atoms with E-state index in [4.69, 9.17) is 0 Å². The first-order valence-corrected chi connectivity index (χ1v) is 6.26. The second-order valence-corrected chi connectivity index (χ2v) is 4.86. The van der Waals surface area contributed by atoms with Gasteiger partial charge in [-0.3, -0.25) is 14.9 Å². The van der Waals surface area contributed by atoms with Gasteiger partial charge in [0.05, 0.1) is 4.92 Å². The zero-order chi connectivity index (χ0) is 14.0. The number of rotatable bonds is 2. The molecule has 110 valence electrons. The molecule has 7 heteroatoms. The van der Waals surface area contributed by atoms with Crippen LogP contribution in [0.1, 0.15) is 22.8 Å². The van der Waals surface area contributed by atoms with Crippen molar-refractivity contribution in [1.29, 1.82) is 0 Å². The normalized spacial score (nSPS) is 18.3. The molecule has 20 heavy (non-hydrogen) atoms. The van der Waals surface area contributed by atoms with Crippen LogP contribution in [0, 0.1) is 17.0 Å². The number of carbonyl (C=O) groups excluding carboxylic acids is 1. The summed E-state index contributed by atoms with van der Waals surface area (Å²) < 4.78 is 0. The third-order valence-corrected chi connectivity index (χ3v) is 3.31. The molecule has 0 aliphatic carbocycles. The van der Waals surface area contributed by atoms with Crippen LogP contribution in [0.4, 0.5) is 5.69 Å². The van der Waals surface area contributed by atoms with E-state index in [0.29, 0.717) is 24.2 Å². The van der Waals surface area contributed by atoms with Crippen molar-refractivity contribution in [3.8, 4) is 0 Å². The molecule has 1 aliphatic rings. The molecular formula is C13H18ClN3O3. The molecule has 1 aromatic carbocycles. The van der Waals surface area contributed by atoms with Crippen molar-refractivity contribution in [2.24, 2.45) is 0 Å². The van der Waals surface area contributed by atoms with Crippen LogP contribution < -0.4 is 5.32 Å². The minimum Gasteiger partial charge on any atom is -0.336 e. The van der Waals surface area contributed by atoms with Gasteiger partial charge in [-0.05, 0) is 19.9 Å². The maximum absolute atomic E-state index is 12.3. The Labute approximate surface area is 123 Å². The highest BCUT2D eigenvalue weighted by Gasteiger charge is 2.23. The number of hydrogen-bond donors (Lipinski definition) is 1. The summed E-state index contributed by atoms with van der Waals surface area (Å²) in [6.45, 7) is 5.68. The summed E-state index contributed by atoms with van der Waals surface area (Å²) >= 11 is 0. The standard InChI is InChI=1S/C13H17N3O3.ClH/c1-9-3-4-11(7-12(9)16(18)19)13(17)15-6-5-14-10(2)8-15;/h3-4,7,10,14H,5-6,8H2,1-2H3;1H/t10-;/m0./s1. The van der Waals surface area contributed by atoms with Gasteiger partial charge in [-0.2, -0.15) is 0 Å². The van der Waals surface area contributed by atoms with E-state index in [0.717, 1.165) is 6.54 Å². The lowest BCUT2D eigenvalue weighted by Crippen LogP contribution is -2.51. The lowest BCUT2D eigenvalue weighted by atomic mass is 10.1. The number of nitro benzene ring substituents is 1. The fourth-order valence-electron chi connectivity index (χ4n) is 2.24. The van der Waals surface area contributed by atoms with E-state index in [9.17, 15) is 14.9 Å². The molecular weight excluding hydrogens is 282 g/mol. The van der Waals surface area contributed by atoms with Crippen LogP contribution in [0.25, 0.3) is 0 Å². The molecule has 1 amide bonds. The minimum atomic E-state index is -0.452. The Morgan fingerprint density at radius 3 is 2.80 bits per heavy atom. The zero-order valence-electron chi connectivity index (χ0n) is 11.5. The molecule has 1 heterocycles. The predicted octanol–water partition coefficient (Wildman–Crippen LogP) is 1.76. The van der Waals surface area contributed by atoms with Crippen molar-refractivity contribution in [2.45, 2.75) is 19.9 Å². The summed E-state index contributed by atoms with van der Waals surface area (Å²) in [4.78, 5) is 24.5. The molecule has 2 rings (SSSR count). The Bertz CT molecular complexity index is 522. The van der Waals surface area contributed by atoms with E-state index >= 15 is 0 Å². The first kappa shape index (κ1) is 16.4. The molecule has 1 aromatic rings. The van der Waals surface area contributed by atoms with Crippen LogP contribution >= 0.6 is 12.4 Å². The van der Waals surface area contributed by atoms with Crippen LogP contribution in [-0.4, -0.2) is 41.4 Å². The SMILES string of the molecule is Cc1ccc(C(=O)N2CCN[C@@H](C)C2)cc1[N+](=O)[O-].Cl. The molecule has 1 fully saturated rings. The van der Waals surface area contributed by atoms with E-state index in [1.165, 1.54) is 6.07 Å². The highest BCUT2D eigenvalue weighted by Crippen LogP contribution is 2.20. The van der Waals surface area contributed by atoms with Crippen molar-refractivity contribution < 1.29 is 9.72 Å². The fourth-order valence-corrected chi connectivity index (χ4v) is 2.24. The Balaban J connectivity index is 0.00000200. The summed E-state index contributed by atoms with van der Waals surface area (Å²) in [5.41, 5.74) is 0.940. The second-order valence-electron chi connectivity index (χ2n) is 4.86. The Kier molecular flexibility index (Phi) is 5.47. The van der Waals surface area contributed by atoms with Crippen molar-refractivity contribution in [3.05, 3.63) is 39.4 Å². The third kappa shape index (κ3) is 3.46. The topological polar surface area (TPSA) is 75.5 Å². The average molecular weight is 300 g/mol. The first-order chi connectivity index (χ1) is 8.99. The maximum atomic E-state index is 12.3. The molecule has 0 radical (unpaired) electrons. The van der Waals surface area contributed by atoms with E-state index < -0.39 is 4.92 Å². The summed E-state index contributed by atoms with van der Waals surface area (Å²) in [7, 11) is 0. The minimum absolute atomic E-state index is 0. The van der Waals surface area contributed by atoms with Crippen molar-refractivity contribution in [2.75, 3.05) is 19.6 Å². The van der Waals surface area contributed by atoms with E-state index in [1.54, 1.807) is 24.0 Å². The van der Waals surface area contributed by atoms with Crippen molar-refractivity contribution in [3.63, 3.8) is 0 Å². The number of hydrogen-bond acceptors (Lipinski definition) is 4. The lowest BCUT2D eigenvalue weighted by Gasteiger charge is -2.31. The zero-order valence-corrected chi connectivity index (χ0v) is 12.3. The van der Waals surface area contributed by atoms with E-state index in [2.05, 4.69) is 5.32 Å². The van der Waals surface area contributed by atoms with E-state index in [1.807, 2.05) is 6.92 Å². The number of carbonyl (C=O) groups is 1. The van der Waals surface area contributed by atoms with Gasteiger partial charge < -0.3 is 10.2 Å². The molecule has 1 saturated heterocycles. The largest absolute Gasteiger partial charge is 0.336 e. The molecule has 0 aromatic heterocycles. The number of nitro groups is 1. The van der Waals surface area contributed by atoms with Crippen molar-refractivity contribution >= 4 is 24.0 Å². The van der Waals surface area contributed by atoms with E-state index in [-0.39, 0.29) is 30.0 Å². The van der Waals surface area contributed by atoms with Gasteiger partial charge in [0.15, 0.2) is 0 Å². The van der Waals surface area contributed by atoms with Gasteiger partial charge in [-0.25, -0.2) is 0 Å². The van der Waals surface area contributed by atoms with Crippen LogP contribution in [-0.2, 0) is 0 Å². The number of piperazine rings is 1. The Hall–Kier alpha value is -1.66. The smallest absolute Gasteiger partial charge is 0.273 e. The molecule has 1 aliphatic heterocycles. The van der Waals surface area contributed by atoms with Gasteiger partial charge >= 0.3 is 0 Å². The summed E-state index contributed by atoms with van der Waals surface area (Å²) in [5, 5.41) is 14.2. The molecule has 0 saturated carbocycles. The van der Waals surface area contributed by atoms with Crippen LogP contribution in [0.3, 0.4) is 0 Å². The van der Waals surface area contributed by atoms with Gasteiger partial charge in [0.2, 0.25) is 0 Å². The fraction of sp³-hybridized carbons (Fsp3) is 0.462. The molecule has 0 spiro atoms. The Morgan fingerprint density at radius 2 is 2.20 bits per heavy atom. The summed E-state index contributed by atoms with van der Waals surface area (Å²) in [5.74, 6) is -0.142. The lowest BCUT2D eigenvalue weighted by molar-refractivity contribution is -0.385. The quantitative estimate of drug-likeness (QED) is 0.667. The first-order valence-electron chi connectivity index (χ1n) is 6.26. The van der Waals surface area contributed by atoms with Crippen LogP contribution in [0.5, 0.6) is 0 Å². The molecule has 0 unspecified atom stereocenters. The highest BCUT2D eigenvalue weighted by atomic mass is 35.5. The highest BCUT2D eigenvalue weighted by molar-refractivity contribution is 5.95. The molecule has 6 nitrogen and oxygen atoms in total.